The Labute approximate surface area is 236 Å². The maximum Gasteiger partial charge on any atom is 0.263 e. The molecule has 0 fully saturated rings. The number of hydrogen-bond donors (Lipinski definition) is 1. The summed E-state index contributed by atoms with van der Waals surface area (Å²) in [5.41, 5.74) is 5.50. The van der Waals surface area contributed by atoms with Crippen molar-refractivity contribution in [3.63, 3.8) is 0 Å². The van der Waals surface area contributed by atoms with E-state index in [-0.39, 0.29) is 11.5 Å². The molecule has 0 aliphatic carbocycles. The maximum absolute atomic E-state index is 14.3. The number of carbonyl (C=O) groups is 1. The second kappa shape index (κ2) is 10.3. The van der Waals surface area contributed by atoms with Gasteiger partial charge in [0.15, 0.2) is 5.65 Å². The fraction of sp³-hybridized carbons (Fsp3) is 0.156. The van der Waals surface area contributed by atoms with Gasteiger partial charge in [-0.25, -0.2) is 9.50 Å². The van der Waals surface area contributed by atoms with Crippen LogP contribution in [0.2, 0.25) is 0 Å². The smallest absolute Gasteiger partial charge is 0.263 e. The van der Waals surface area contributed by atoms with Gasteiger partial charge in [0, 0.05) is 42.1 Å². The topological polar surface area (TPSA) is 99.1 Å². The third-order valence-corrected chi connectivity index (χ3v) is 7.43. The standard InChI is InChI=1S/C32H29N7O2/c1-20(35-31(40)28-21(2)36-38-17-9-16-33-30(28)38)27-18-24-11-8-10-23(14-15-25-19-34-37(4)22(25)3)29(24)32(41)39(27)26-12-6-5-7-13-26/h5-20H,1-4H3,(H,35,40)/b15-14+. The van der Waals surface area contributed by atoms with Crippen LogP contribution in [0.25, 0.3) is 34.3 Å². The lowest BCUT2D eigenvalue weighted by molar-refractivity contribution is 0.0939. The minimum atomic E-state index is -0.505. The van der Waals surface area contributed by atoms with Crippen LogP contribution >= 0.6 is 0 Å². The molecule has 0 aliphatic rings. The number of benzene rings is 2. The summed E-state index contributed by atoms with van der Waals surface area (Å²) in [7, 11) is 1.90. The Morgan fingerprint density at radius 1 is 1.00 bits per heavy atom. The molecule has 0 radical (unpaired) electrons. The molecule has 1 unspecified atom stereocenters. The van der Waals surface area contributed by atoms with Crippen molar-refractivity contribution in [2.45, 2.75) is 26.8 Å². The molecule has 0 aliphatic heterocycles. The highest BCUT2D eigenvalue weighted by Gasteiger charge is 2.23. The molecule has 4 aromatic heterocycles. The molecule has 9 nitrogen and oxygen atoms in total. The van der Waals surface area contributed by atoms with E-state index in [2.05, 4.69) is 20.5 Å². The predicted molar refractivity (Wildman–Crippen MR) is 160 cm³/mol. The lowest BCUT2D eigenvalue weighted by atomic mass is 10.0. The average molecular weight is 544 g/mol. The highest BCUT2D eigenvalue weighted by atomic mass is 16.2. The molecular weight excluding hydrogens is 514 g/mol. The van der Waals surface area contributed by atoms with Crippen LogP contribution in [0, 0.1) is 13.8 Å². The summed E-state index contributed by atoms with van der Waals surface area (Å²) in [5.74, 6) is -0.306. The van der Waals surface area contributed by atoms with E-state index >= 15 is 0 Å². The van der Waals surface area contributed by atoms with Gasteiger partial charge in [-0.3, -0.25) is 18.8 Å². The highest BCUT2D eigenvalue weighted by Crippen LogP contribution is 2.25. The number of nitrogens with one attached hydrogen (secondary N) is 1. The monoisotopic (exact) mass is 543 g/mol. The van der Waals surface area contributed by atoms with Gasteiger partial charge >= 0.3 is 0 Å². The van der Waals surface area contributed by atoms with E-state index in [1.807, 2.05) is 98.5 Å². The number of rotatable bonds is 6. The third kappa shape index (κ3) is 4.61. The summed E-state index contributed by atoms with van der Waals surface area (Å²) in [5, 5.41) is 13.2. The summed E-state index contributed by atoms with van der Waals surface area (Å²) >= 11 is 0. The van der Waals surface area contributed by atoms with Crippen LogP contribution in [0.15, 0.2) is 84.0 Å². The number of nitrogens with zero attached hydrogens (tertiary/aromatic N) is 6. The quantitative estimate of drug-likeness (QED) is 0.317. The molecular formula is C32H29N7O2. The van der Waals surface area contributed by atoms with Crippen molar-refractivity contribution < 1.29 is 4.79 Å². The van der Waals surface area contributed by atoms with Crippen LogP contribution in [0.3, 0.4) is 0 Å². The predicted octanol–water partition coefficient (Wildman–Crippen LogP) is 5.05. The fourth-order valence-electron chi connectivity index (χ4n) is 5.17. The van der Waals surface area contributed by atoms with E-state index < -0.39 is 6.04 Å². The first-order chi connectivity index (χ1) is 19.8. The van der Waals surface area contributed by atoms with Crippen molar-refractivity contribution in [3.05, 3.63) is 123 Å². The Morgan fingerprint density at radius 3 is 2.54 bits per heavy atom. The van der Waals surface area contributed by atoms with Crippen molar-refractivity contribution in [2.24, 2.45) is 7.05 Å². The fourth-order valence-corrected chi connectivity index (χ4v) is 5.17. The zero-order valence-electron chi connectivity index (χ0n) is 23.2. The van der Waals surface area contributed by atoms with Gasteiger partial charge < -0.3 is 5.32 Å². The first-order valence-electron chi connectivity index (χ1n) is 13.3. The lowest BCUT2D eigenvalue weighted by Gasteiger charge is -2.21. The van der Waals surface area contributed by atoms with Gasteiger partial charge in [-0.1, -0.05) is 48.6 Å². The molecule has 204 valence electrons. The molecule has 9 heteroatoms. The Morgan fingerprint density at radius 2 is 1.78 bits per heavy atom. The van der Waals surface area contributed by atoms with Crippen molar-refractivity contribution in [1.82, 2.24) is 34.3 Å². The Hall–Kier alpha value is -5.31. The van der Waals surface area contributed by atoms with Crippen LogP contribution in [-0.2, 0) is 7.05 Å². The lowest BCUT2D eigenvalue weighted by Crippen LogP contribution is -2.32. The molecule has 1 amide bonds. The number of aryl methyl sites for hydroxylation is 2. The highest BCUT2D eigenvalue weighted by molar-refractivity contribution is 6.01. The number of fused-ring (bicyclic) bond motifs is 2. The Kier molecular flexibility index (Phi) is 6.55. The number of aromatic nitrogens is 6. The molecule has 4 heterocycles. The van der Waals surface area contributed by atoms with E-state index in [0.717, 1.165) is 22.2 Å². The molecule has 0 spiro atoms. The third-order valence-electron chi connectivity index (χ3n) is 7.43. The van der Waals surface area contributed by atoms with Gasteiger partial charge in [0.05, 0.1) is 23.3 Å². The summed E-state index contributed by atoms with van der Waals surface area (Å²) < 4.78 is 5.09. The van der Waals surface area contributed by atoms with E-state index in [0.29, 0.717) is 33.7 Å². The van der Waals surface area contributed by atoms with Crippen LogP contribution in [0.1, 0.15) is 51.5 Å². The number of pyridine rings is 1. The second-order valence-corrected chi connectivity index (χ2v) is 10.0. The second-order valence-electron chi connectivity index (χ2n) is 10.0. The summed E-state index contributed by atoms with van der Waals surface area (Å²) in [4.78, 5) is 32.1. The molecule has 1 atom stereocenters. The maximum atomic E-state index is 14.3. The van der Waals surface area contributed by atoms with Gasteiger partial charge in [0.2, 0.25) is 0 Å². The minimum absolute atomic E-state index is 0.165. The zero-order valence-corrected chi connectivity index (χ0v) is 23.2. The molecule has 6 aromatic rings. The minimum Gasteiger partial charge on any atom is -0.344 e. The Balaban J connectivity index is 1.47. The van der Waals surface area contributed by atoms with E-state index in [1.54, 1.807) is 34.5 Å². The molecule has 2 aromatic carbocycles. The van der Waals surface area contributed by atoms with Crippen LogP contribution in [0.5, 0.6) is 0 Å². The largest absolute Gasteiger partial charge is 0.344 e. The average Bonchev–Trinajstić information content (AvgIpc) is 3.49. The molecule has 41 heavy (non-hydrogen) atoms. The van der Waals surface area contributed by atoms with Gasteiger partial charge in [0.1, 0.15) is 5.56 Å². The summed E-state index contributed by atoms with van der Waals surface area (Å²) in [6, 6.07) is 18.5. The van der Waals surface area contributed by atoms with Gasteiger partial charge in [-0.05, 0) is 56.0 Å². The van der Waals surface area contributed by atoms with Crippen molar-refractivity contribution in [1.29, 1.82) is 0 Å². The number of carbonyl (C=O) groups excluding carboxylic acids is 1. The van der Waals surface area contributed by atoms with Crippen molar-refractivity contribution in [3.8, 4) is 5.69 Å². The number of para-hydroxylation sites is 1. The van der Waals surface area contributed by atoms with E-state index in [4.69, 9.17) is 0 Å². The van der Waals surface area contributed by atoms with E-state index in [9.17, 15) is 9.59 Å². The normalized spacial score (nSPS) is 12.4. The van der Waals surface area contributed by atoms with Gasteiger partial charge in [0.25, 0.3) is 11.5 Å². The molecule has 6 rings (SSSR count). The van der Waals surface area contributed by atoms with Crippen LogP contribution < -0.4 is 10.9 Å². The number of amides is 1. The summed E-state index contributed by atoms with van der Waals surface area (Å²) in [6.07, 6.45) is 9.13. The van der Waals surface area contributed by atoms with Gasteiger partial charge in [-0.15, -0.1) is 0 Å². The van der Waals surface area contributed by atoms with Crippen LogP contribution in [0.4, 0.5) is 0 Å². The summed E-state index contributed by atoms with van der Waals surface area (Å²) in [6.45, 7) is 5.66. The Bertz CT molecular complexity index is 2020. The van der Waals surface area contributed by atoms with Gasteiger partial charge in [-0.2, -0.15) is 10.2 Å². The molecule has 1 N–H and O–H groups in total. The molecule has 0 bridgehead atoms. The first-order valence-corrected chi connectivity index (χ1v) is 13.3. The zero-order chi connectivity index (χ0) is 28.7. The van der Waals surface area contributed by atoms with Crippen molar-refractivity contribution >= 4 is 34.5 Å². The molecule has 0 saturated carbocycles. The number of hydrogen-bond acceptors (Lipinski definition) is 5. The SMILES string of the molecule is Cc1nn2cccnc2c1C(=O)NC(C)c1cc2cccc(/C=C/c3cnn(C)c3C)c2c(=O)n1-c1ccccc1. The van der Waals surface area contributed by atoms with Crippen LogP contribution in [-0.4, -0.2) is 34.9 Å². The van der Waals surface area contributed by atoms with E-state index in [1.165, 1.54) is 0 Å². The molecule has 0 saturated heterocycles. The first kappa shape index (κ1) is 25.9. The van der Waals surface area contributed by atoms with Crippen molar-refractivity contribution in [2.75, 3.05) is 0 Å².